The summed E-state index contributed by atoms with van der Waals surface area (Å²) in [4.78, 5) is 29.6. The fourth-order valence-electron chi connectivity index (χ4n) is 4.32. The van der Waals surface area contributed by atoms with Gasteiger partial charge in [0.15, 0.2) is 11.1 Å². The number of hydrogen-bond donors (Lipinski definition) is 3. The molecule has 0 bridgehead atoms. The van der Waals surface area contributed by atoms with E-state index in [1.807, 2.05) is 0 Å². The molecule has 8 nitrogen and oxygen atoms in total. The molecule has 0 radical (unpaired) electrons. The van der Waals surface area contributed by atoms with Gasteiger partial charge in [-0.05, 0) is 50.1 Å². The molecule has 1 aliphatic carbocycles. The van der Waals surface area contributed by atoms with Crippen LogP contribution in [0.1, 0.15) is 30.3 Å². The molecule has 1 saturated carbocycles. The highest BCUT2D eigenvalue weighted by atomic mass is 19.1. The number of fused-ring (bicyclic) bond motifs is 3. The summed E-state index contributed by atoms with van der Waals surface area (Å²) in [6, 6.07) is 5.41. The summed E-state index contributed by atoms with van der Waals surface area (Å²) in [5.74, 6) is -1.39. The number of aromatic nitrogens is 2. The lowest BCUT2D eigenvalue weighted by molar-refractivity contribution is -0.120. The van der Waals surface area contributed by atoms with Crippen LogP contribution in [0.5, 0.6) is 0 Å². The second-order valence-corrected chi connectivity index (χ2v) is 8.49. The minimum absolute atomic E-state index is 0.00293. The Morgan fingerprint density at radius 1 is 1.24 bits per heavy atom. The maximum Gasteiger partial charge on any atom is 0.281 e. The van der Waals surface area contributed by atoms with Gasteiger partial charge in [0.1, 0.15) is 11.6 Å². The summed E-state index contributed by atoms with van der Waals surface area (Å²) < 4.78 is 36.5. The maximum atomic E-state index is 14.7. The fourth-order valence-corrected chi connectivity index (χ4v) is 4.32. The quantitative estimate of drug-likeness (QED) is 0.375. The zero-order valence-electron chi connectivity index (χ0n) is 18.7. The molecule has 2 aromatic heterocycles. The first-order valence-electron chi connectivity index (χ1n) is 10.9. The lowest BCUT2D eigenvalue weighted by atomic mass is 9.96. The summed E-state index contributed by atoms with van der Waals surface area (Å²) in [5.41, 5.74) is 7.12. The average molecular weight is 467 g/mol. The summed E-state index contributed by atoms with van der Waals surface area (Å²) in [5, 5.41) is 6.07. The van der Waals surface area contributed by atoms with Crippen molar-refractivity contribution in [3.05, 3.63) is 57.7 Å². The van der Waals surface area contributed by atoms with Gasteiger partial charge < -0.3 is 25.4 Å². The molecule has 10 heteroatoms. The standard InChI is InChI=1S/C24H23F2N5O3/c1-11-13(15-7-17(26)18(27)8-16(15)25)5-6-14-22(11)31(12-3-4-12)24(33)21-23(14)34-20(30-21)10-29-19(32)9-28-2/h5-8,12,28H,3-4,9-10,27H2,1-2H3,(H,29,32). The van der Waals surface area contributed by atoms with Crippen molar-refractivity contribution >= 4 is 33.6 Å². The molecule has 0 unspecified atom stereocenters. The minimum atomic E-state index is -0.717. The van der Waals surface area contributed by atoms with Crippen LogP contribution in [-0.4, -0.2) is 29.1 Å². The number of anilines is 1. The van der Waals surface area contributed by atoms with Gasteiger partial charge in [0.25, 0.3) is 5.56 Å². The summed E-state index contributed by atoms with van der Waals surface area (Å²) in [6.07, 6.45) is 1.67. The number of pyridine rings is 1. The second kappa shape index (κ2) is 8.21. The van der Waals surface area contributed by atoms with Crippen molar-refractivity contribution in [1.82, 2.24) is 20.2 Å². The van der Waals surface area contributed by atoms with Crippen LogP contribution in [0.4, 0.5) is 14.5 Å². The number of carbonyl (C=O) groups is 1. The largest absolute Gasteiger partial charge is 0.438 e. The topological polar surface area (TPSA) is 115 Å². The Morgan fingerprint density at radius 3 is 2.71 bits per heavy atom. The molecule has 0 atom stereocenters. The third-order valence-corrected chi connectivity index (χ3v) is 6.07. The molecule has 1 amide bonds. The predicted molar refractivity (Wildman–Crippen MR) is 124 cm³/mol. The van der Waals surface area contributed by atoms with Crippen LogP contribution in [0.2, 0.25) is 0 Å². The SMILES string of the molecule is CNCC(=O)NCc1nc2c(=O)n(C3CC3)c3c(C)c(-c4cc(F)c(N)cc4F)ccc3c2o1. The molecule has 1 fully saturated rings. The van der Waals surface area contributed by atoms with Gasteiger partial charge >= 0.3 is 0 Å². The first-order chi connectivity index (χ1) is 16.3. The van der Waals surface area contributed by atoms with E-state index in [2.05, 4.69) is 15.6 Å². The van der Waals surface area contributed by atoms with Gasteiger partial charge in [0.2, 0.25) is 11.8 Å². The van der Waals surface area contributed by atoms with Crippen molar-refractivity contribution in [1.29, 1.82) is 0 Å². The van der Waals surface area contributed by atoms with Crippen LogP contribution < -0.4 is 21.9 Å². The van der Waals surface area contributed by atoms with E-state index in [1.54, 1.807) is 30.7 Å². The Balaban J connectivity index is 1.71. The van der Waals surface area contributed by atoms with Gasteiger partial charge in [-0.2, -0.15) is 0 Å². The molecular formula is C24H23F2N5O3. The molecule has 4 N–H and O–H groups in total. The van der Waals surface area contributed by atoms with Gasteiger partial charge in [0.05, 0.1) is 24.3 Å². The number of halogens is 2. The highest BCUT2D eigenvalue weighted by molar-refractivity contribution is 6.04. The second-order valence-electron chi connectivity index (χ2n) is 8.49. The summed E-state index contributed by atoms with van der Waals surface area (Å²) in [7, 11) is 1.66. The monoisotopic (exact) mass is 467 g/mol. The van der Waals surface area contributed by atoms with Crippen molar-refractivity contribution in [2.75, 3.05) is 19.3 Å². The molecule has 2 heterocycles. The number of benzene rings is 2. The van der Waals surface area contributed by atoms with Crippen molar-refractivity contribution < 1.29 is 18.0 Å². The van der Waals surface area contributed by atoms with E-state index < -0.39 is 11.6 Å². The van der Waals surface area contributed by atoms with Crippen LogP contribution in [0.25, 0.3) is 33.1 Å². The number of nitrogens with two attached hydrogens (primary N) is 1. The lowest BCUT2D eigenvalue weighted by Crippen LogP contribution is -2.31. The van der Waals surface area contributed by atoms with Gasteiger partial charge in [0, 0.05) is 23.1 Å². The van der Waals surface area contributed by atoms with Gasteiger partial charge in [-0.3, -0.25) is 9.59 Å². The molecule has 2 aromatic carbocycles. The van der Waals surface area contributed by atoms with Crippen LogP contribution in [-0.2, 0) is 11.3 Å². The van der Waals surface area contributed by atoms with E-state index in [0.29, 0.717) is 27.6 Å². The van der Waals surface area contributed by atoms with Crippen LogP contribution in [0.3, 0.4) is 0 Å². The van der Waals surface area contributed by atoms with E-state index in [4.69, 9.17) is 10.2 Å². The minimum Gasteiger partial charge on any atom is -0.438 e. The van der Waals surface area contributed by atoms with Crippen LogP contribution in [0, 0.1) is 18.6 Å². The number of nitrogens with zero attached hydrogens (tertiary/aromatic N) is 2. The maximum absolute atomic E-state index is 14.7. The Labute approximate surface area is 192 Å². The number of nitrogens with one attached hydrogen (secondary N) is 2. The average Bonchev–Trinajstić information content (AvgIpc) is 3.54. The van der Waals surface area contributed by atoms with Gasteiger partial charge in [-0.1, -0.05) is 6.07 Å². The number of nitrogen functional groups attached to an aromatic ring is 1. The van der Waals surface area contributed by atoms with E-state index in [9.17, 15) is 18.4 Å². The highest BCUT2D eigenvalue weighted by Crippen LogP contribution is 2.41. The molecule has 176 valence electrons. The molecule has 0 aliphatic heterocycles. The fraction of sp³-hybridized carbons (Fsp3) is 0.292. The number of amides is 1. The Kier molecular flexibility index (Phi) is 5.32. The lowest BCUT2D eigenvalue weighted by Gasteiger charge is -2.16. The predicted octanol–water partition coefficient (Wildman–Crippen LogP) is 3.15. The van der Waals surface area contributed by atoms with Gasteiger partial charge in [-0.25, -0.2) is 13.8 Å². The van der Waals surface area contributed by atoms with Crippen molar-refractivity contribution in [3.8, 4) is 11.1 Å². The summed E-state index contributed by atoms with van der Waals surface area (Å²) in [6.45, 7) is 1.94. The zero-order valence-corrected chi connectivity index (χ0v) is 18.7. The van der Waals surface area contributed by atoms with E-state index in [0.717, 1.165) is 25.0 Å². The molecular weight excluding hydrogens is 444 g/mol. The van der Waals surface area contributed by atoms with Crippen molar-refractivity contribution in [2.24, 2.45) is 0 Å². The first-order valence-corrected chi connectivity index (χ1v) is 10.9. The molecule has 0 spiro atoms. The number of rotatable bonds is 6. The molecule has 0 saturated heterocycles. The van der Waals surface area contributed by atoms with Crippen LogP contribution >= 0.6 is 0 Å². The number of oxazole rings is 1. The third-order valence-electron chi connectivity index (χ3n) is 6.07. The van der Waals surface area contributed by atoms with E-state index in [-0.39, 0.29) is 53.3 Å². The Hall–Kier alpha value is -3.79. The number of carbonyl (C=O) groups excluding carboxylic acids is 1. The Bertz CT molecular complexity index is 1520. The van der Waals surface area contributed by atoms with E-state index in [1.165, 1.54) is 0 Å². The molecule has 5 rings (SSSR count). The highest BCUT2D eigenvalue weighted by Gasteiger charge is 2.30. The Morgan fingerprint density at radius 2 is 2.00 bits per heavy atom. The summed E-state index contributed by atoms with van der Waals surface area (Å²) >= 11 is 0. The molecule has 1 aliphatic rings. The third kappa shape index (κ3) is 3.60. The number of likely N-dealkylation sites (N-methyl/N-ethyl adjacent to an activating group) is 1. The van der Waals surface area contributed by atoms with Gasteiger partial charge in [-0.15, -0.1) is 0 Å². The smallest absolute Gasteiger partial charge is 0.281 e. The van der Waals surface area contributed by atoms with Crippen LogP contribution in [0.15, 0.2) is 33.5 Å². The zero-order chi connectivity index (χ0) is 24.1. The number of aryl methyl sites for hydroxylation is 1. The number of hydrogen-bond acceptors (Lipinski definition) is 6. The normalized spacial score (nSPS) is 13.6. The molecule has 34 heavy (non-hydrogen) atoms. The van der Waals surface area contributed by atoms with Crippen molar-refractivity contribution in [2.45, 2.75) is 32.4 Å². The van der Waals surface area contributed by atoms with E-state index >= 15 is 0 Å². The molecule has 4 aromatic rings. The van der Waals surface area contributed by atoms with Crippen molar-refractivity contribution in [3.63, 3.8) is 0 Å². The first kappa shape index (κ1) is 22.0.